The standard InChI is InChI=1S/C30H34N4O3/c1-19-8-10-21(11-9-19)26-16-27(35)33-24-15-22(28(36)32-18-30(3,4)17-31)12-13-25(24)34(26)29(37)23-7-5-6-20(2)14-23/h5-15,26H,16-18,31H2,1-4H3,(H,32,36)(H,33,35). The largest absolute Gasteiger partial charge is 0.351 e. The minimum absolute atomic E-state index is 0.0848. The summed E-state index contributed by atoms with van der Waals surface area (Å²) in [7, 11) is 0. The quantitative estimate of drug-likeness (QED) is 0.456. The molecule has 0 saturated heterocycles. The molecular weight excluding hydrogens is 464 g/mol. The van der Waals surface area contributed by atoms with Crippen LogP contribution in [0.4, 0.5) is 11.4 Å². The summed E-state index contributed by atoms with van der Waals surface area (Å²) in [6.45, 7) is 8.74. The van der Waals surface area contributed by atoms with Gasteiger partial charge >= 0.3 is 0 Å². The van der Waals surface area contributed by atoms with Crippen LogP contribution >= 0.6 is 0 Å². The second-order valence-electron chi connectivity index (χ2n) is 10.5. The fraction of sp³-hybridized carbons (Fsp3) is 0.300. The first-order valence-corrected chi connectivity index (χ1v) is 12.5. The molecule has 0 bridgehead atoms. The van der Waals surface area contributed by atoms with Gasteiger partial charge in [-0.1, -0.05) is 61.4 Å². The summed E-state index contributed by atoms with van der Waals surface area (Å²) >= 11 is 0. The van der Waals surface area contributed by atoms with E-state index >= 15 is 0 Å². The number of aryl methyl sites for hydroxylation is 2. The molecule has 3 aromatic rings. The minimum Gasteiger partial charge on any atom is -0.351 e. The number of anilines is 2. The number of rotatable bonds is 6. The van der Waals surface area contributed by atoms with Gasteiger partial charge in [-0.2, -0.15) is 0 Å². The Hall–Kier alpha value is -3.97. The normalized spacial score (nSPS) is 15.4. The lowest BCUT2D eigenvalue weighted by Gasteiger charge is -2.31. The molecule has 0 saturated carbocycles. The van der Waals surface area contributed by atoms with E-state index in [2.05, 4.69) is 10.6 Å². The maximum atomic E-state index is 14.0. The Morgan fingerprint density at radius 1 is 1.00 bits per heavy atom. The van der Waals surface area contributed by atoms with Crippen molar-refractivity contribution in [2.75, 3.05) is 23.3 Å². The number of fused-ring (bicyclic) bond motifs is 1. The number of hydrogen-bond acceptors (Lipinski definition) is 4. The minimum atomic E-state index is -0.514. The van der Waals surface area contributed by atoms with Gasteiger partial charge in [0.2, 0.25) is 5.91 Å². The molecule has 3 amide bonds. The molecule has 0 fully saturated rings. The Morgan fingerprint density at radius 3 is 2.41 bits per heavy atom. The molecule has 1 aliphatic rings. The number of benzene rings is 3. The summed E-state index contributed by atoms with van der Waals surface area (Å²) in [6.07, 6.45) is 0.0848. The van der Waals surface area contributed by atoms with Crippen LogP contribution in [0.1, 0.15) is 63.7 Å². The number of nitrogens with two attached hydrogens (primary N) is 1. The molecule has 1 aliphatic heterocycles. The van der Waals surface area contributed by atoms with Crippen LogP contribution in [0, 0.1) is 19.3 Å². The van der Waals surface area contributed by atoms with Gasteiger partial charge in [-0.3, -0.25) is 19.3 Å². The van der Waals surface area contributed by atoms with Crippen molar-refractivity contribution in [3.05, 3.63) is 94.5 Å². The Balaban J connectivity index is 1.78. The maximum Gasteiger partial charge on any atom is 0.258 e. The molecule has 4 N–H and O–H groups in total. The van der Waals surface area contributed by atoms with Crippen molar-refractivity contribution in [3.63, 3.8) is 0 Å². The van der Waals surface area contributed by atoms with Crippen LogP contribution in [0.25, 0.3) is 0 Å². The number of hydrogen-bond donors (Lipinski definition) is 3. The van der Waals surface area contributed by atoms with Crippen molar-refractivity contribution in [1.82, 2.24) is 5.32 Å². The summed E-state index contributed by atoms with van der Waals surface area (Å²) in [4.78, 5) is 41.6. The van der Waals surface area contributed by atoms with Gasteiger partial charge in [0.15, 0.2) is 0 Å². The monoisotopic (exact) mass is 498 g/mol. The van der Waals surface area contributed by atoms with Gasteiger partial charge in [0.1, 0.15) is 0 Å². The zero-order valence-corrected chi connectivity index (χ0v) is 21.8. The Kier molecular flexibility index (Phi) is 7.45. The van der Waals surface area contributed by atoms with Crippen LogP contribution in [0.5, 0.6) is 0 Å². The molecule has 0 spiro atoms. The lowest BCUT2D eigenvalue weighted by atomic mass is 9.94. The van der Waals surface area contributed by atoms with Gasteiger partial charge in [0.05, 0.1) is 23.8 Å². The van der Waals surface area contributed by atoms with Crippen LogP contribution < -0.4 is 21.3 Å². The molecule has 1 unspecified atom stereocenters. The van der Waals surface area contributed by atoms with Gasteiger partial charge in [-0.05, 0) is 61.7 Å². The van der Waals surface area contributed by atoms with Crippen LogP contribution in [0.2, 0.25) is 0 Å². The van der Waals surface area contributed by atoms with E-state index in [9.17, 15) is 14.4 Å². The van der Waals surface area contributed by atoms with Crippen LogP contribution in [-0.2, 0) is 4.79 Å². The molecule has 1 atom stereocenters. The summed E-state index contributed by atoms with van der Waals surface area (Å²) in [5.41, 5.74) is 10.4. The van der Waals surface area contributed by atoms with Crippen molar-refractivity contribution in [1.29, 1.82) is 0 Å². The average molecular weight is 499 g/mol. The van der Waals surface area contributed by atoms with E-state index in [4.69, 9.17) is 5.73 Å². The van der Waals surface area contributed by atoms with Gasteiger partial charge in [-0.15, -0.1) is 0 Å². The van der Waals surface area contributed by atoms with Gasteiger partial charge < -0.3 is 16.4 Å². The lowest BCUT2D eigenvalue weighted by Crippen LogP contribution is -2.38. The molecule has 37 heavy (non-hydrogen) atoms. The van der Waals surface area contributed by atoms with E-state index in [0.29, 0.717) is 35.6 Å². The fourth-order valence-electron chi connectivity index (χ4n) is 4.34. The zero-order chi connectivity index (χ0) is 26.7. The fourth-order valence-corrected chi connectivity index (χ4v) is 4.34. The average Bonchev–Trinajstić information content (AvgIpc) is 3.02. The van der Waals surface area contributed by atoms with Crippen molar-refractivity contribution in [2.24, 2.45) is 11.1 Å². The Morgan fingerprint density at radius 2 is 1.73 bits per heavy atom. The third kappa shape index (κ3) is 5.89. The molecule has 0 radical (unpaired) electrons. The van der Waals surface area contributed by atoms with Crippen molar-refractivity contribution >= 4 is 29.1 Å². The molecular formula is C30H34N4O3. The van der Waals surface area contributed by atoms with E-state index in [1.165, 1.54) is 0 Å². The highest BCUT2D eigenvalue weighted by Crippen LogP contribution is 2.39. The molecule has 192 valence electrons. The second kappa shape index (κ2) is 10.6. The summed E-state index contributed by atoms with van der Waals surface area (Å²) in [6, 6.07) is 19.8. The van der Waals surface area contributed by atoms with Crippen molar-refractivity contribution < 1.29 is 14.4 Å². The molecule has 7 heteroatoms. The van der Waals surface area contributed by atoms with Crippen molar-refractivity contribution in [3.8, 4) is 0 Å². The van der Waals surface area contributed by atoms with E-state index in [-0.39, 0.29) is 29.6 Å². The highest BCUT2D eigenvalue weighted by atomic mass is 16.2. The highest BCUT2D eigenvalue weighted by Gasteiger charge is 2.34. The summed E-state index contributed by atoms with van der Waals surface area (Å²) in [5.74, 6) is -0.712. The molecule has 0 aliphatic carbocycles. The summed E-state index contributed by atoms with van der Waals surface area (Å²) in [5, 5.41) is 5.84. The third-order valence-corrected chi connectivity index (χ3v) is 6.71. The number of carbonyl (C=O) groups excluding carboxylic acids is 3. The smallest absolute Gasteiger partial charge is 0.258 e. The van der Waals surface area contributed by atoms with Gasteiger partial charge in [-0.25, -0.2) is 0 Å². The number of carbonyl (C=O) groups is 3. The maximum absolute atomic E-state index is 14.0. The number of amides is 3. The lowest BCUT2D eigenvalue weighted by molar-refractivity contribution is -0.116. The third-order valence-electron chi connectivity index (χ3n) is 6.71. The van der Waals surface area contributed by atoms with Gasteiger partial charge in [0, 0.05) is 17.7 Å². The van der Waals surface area contributed by atoms with E-state index < -0.39 is 6.04 Å². The molecule has 4 rings (SSSR count). The molecule has 7 nitrogen and oxygen atoms in total. The predicted molar refractivity (Wildman–Crippen MR) is 147 cm³/mol. The van der Waals surface area contributed by atoms with E-state index in [1.807, 2.05) is 70.2 Å². The van der Waals surface area contributed by atoms with Crippen molar-refractivity contribution in [2.45, 2.75) is 40.2 Å². The second-order valence-corrected chi connectivity index (χ2v) is 10.5. The van der Waals surface area contributed by atoms with Crippen LogP contribution in [0.3, 0.4) is 0 Å². The van der Waals surface area contributed by atoms with Gasteiger partial charge in [0.25, 0.3) is 11.8 Å². The highest BCUT2D eigenvalue weighted by molar-refractivity contribution is 6.12. The Labute approximate surface area is 218 Å². The SMILES string of the molecule is Cc1ccc(C2CC(=O)Nc3cc(C(=O)NCC(C)(C)CN)ccc3N2C(=O)c2cccc(C)c2)cc1. The summed E-state index contributed by atoms with van der Waals surface area (Å²) < 4.78 is 0. The van der Waals surface area contributed by atoms with Crippen LogP contribution in [0.15, 0.2) is 66.7 Å². The number of nitrogens with zero attached hydrogens (tertiary/aromatic N) is 1. The number of nitrogens with one attached hydrogen (secondary N) is 2. The van der Waals surface area contributed by atoms with Crippen LogP contribution in [-0.4, -0.2) is 30.8 Å². The molecule has 1 heterocycles. The first-order chi connectivity index (χ1) is 17.6. The molecule has 3 aromatic carbocycles. The Bertz CT molecular complexity index is 1330. The topological polar surface area (TPSA) is 105 Å². The van der Waals surface area contributed by atoms with E-state index in [1.54, 1.807) is 29.2 Å². The zero-order valence-electron chi connectivity index (χ0n) is 21.8. The predicted octanol–water partition coefficient (Wildman–Crippen LogP) is 4.75. The first-order valence-electron chi connectivity index (χ1n) is 12.5. The first kappa shape index (κ1) is 26.1. The van der Waals surface area contributed by atoms with E-state index in [0.717, 1.165) is 16.7 Å². The molecule has 0 aromatic heterocycles.